The molecule has 146 valence electrons. The minimum atomic E-state index is -4.94. The van der Waals surface area contributed by atoms with Crippen LogP contribution in [0.4, 0.5) is 0 Å². The number of likely N-dealkylation sites (tertiary alicyclic amines) is 1. The molecule has 9 nitrogen and oxygen atoms in total. The molecule has 2 saturated heterocycles. The van der Waals surface area contributed by atoms with Gasteiger partial charge in [0, 0.05) is 29.9 Å². The summed E-state index contributed by atoms with van der Waals surface area (Å²) in [6, 6.07) is 7.79. The van der Waals surface area contributed by atoms with Crippen molar-refractivity contribution in [1.29, 1.82) is 0 Å². The summed E-state index contributed by atoms with van der Waals surface area (Å²) in [6.07, 6.45) is 6.62. The SMILES string of the molecule is O=C(c1ccc(-n2ccnc2)cc1)[NH+]1C[C@@H]2COC[C@@H](C2)C1.[O-][Cl+3]([O-])([O-])[O-]. The predicted molar refractivity (Wildman–Crippen MR) is 81.0 cm³/mol. The van der Waals surface area contributed by atoms with Gasteiger partial charge in [0.1, 0.15) is 0 Å². The van der Waals surface area contributed by atoms with E-state index in [0.29, 0.717) is 11.8 Å². The second-order valence-corrected chi connectivity index (χ2v) is 7.50. The Morgan fingerprint density at radius 2 is 1.70 bits per heavy atom. The Labute approximate surface area is 158 Å². The maximum absolute atomic E-state index is 12.7. The Balaban J connectivity index is 0.000000376. The summed E-state index contributed by atoms with van der Waals surface area (Å²) in [5.74, 6) is 1.29. The van der Waals surface area contributed by atoms with Crippen LogP contribution in [0.2, 0.25) is 0 Å². The van der Waals surface area contributed by atoms with Gasteiger partial charge in [-0.3, -0.25) is 4.90 Å². The number of halogens is 1. The molecule has 1 N–H and O–H groups in total. The van der Waals surface area contributed by atoms with Gasteiger partial charge in [-0.2, -0.15) is 0 Å². The van der Waals surface area contributed by atoms with Gasteiger partial charge in [0.15, 0.2) is 0 Å². The Kier molecular flexibility index (Phi) is 6.22. The molecule has 2 aliphatic heterocycles. The van der Waals surface area contributed by atoms with Gasteiger partial charge in [-0.05, 0) is 30.7 Å². The summed E-state index contributed by atoms with van der Waals surface area (Å²) in [5, 5.41) is 0. The van der Waals surface area contributed by atoms with E-state index in [1.54, 1.807) is 12.5 Å². The Hall–Kier alpha value is -1.85. The molecule has 2 aliphatic rings. The fraction of sp³-hybridized carbons (Fsp3) is 0.412. The van der Waals surface area contributed by atoms with Crippen LogP contribution >= 0.6 is 0 Å². The third-order valence-corrected chi connectivity index (χ3v) is 4.70. The fourth-order valence-electron chi connectivity index (χ4n) is 3.66. The molecule has 1 aromatic heterocycles. The van der Waals surface area contributed by atoms with E-state index in [-0.39, 0.29) is 5.91 Å². The van der Waals surface area contributed by atoms with Gasteiger partial charge in [-0.1, -0.05) is 0 Å². The number of carbonyl (C=O) groups excluding carboxylic acids is 1. The Morgan fingerprint density at radius 1 is 1.11 bits per heavy atom. The Morgan fingerprint density at radius 3 is 2.22 bits per heavy atom. The zero-order valence-electron chi connectivity index (χ0n) is 14.5. The number of fused-ring (bicyclic) bond motifs is 2. The van der Waals surface area contributed by atoms with E-state index in [1.165, 1.54) is 6.42 Å². The van der Waals surface area contributed by atoms with Crippen molar-refractivity contribution in [1.82, 2.24) is 9.55 Å². The topological polar surface area (TPSA) is 141 Å². The van der Waals surface area contributed by atoms with Crippen LogP contribution in [0.15, 0.2) is 43.0 Å². The highest BCUT2D eigenvalue weighted by Crippen LogP contribution is 2.20. The van der Waals surface area contributed by atoms with Gasteiger partial charge >= 0.3 is 5.91 Å². The van der Waals surface area contributed by atoms with E-state index in [9.17, 15) is 4.79 Å². The van der Waals surface area contributed by atoms with E-state index in [1.807, 2.05) is 35.0 Å². The summed E-state index contributed by atoms with van der Waals surface area (Å²) < 4.78 is 41.5. The first kappa shape index (κ1) is 19.9. The molecule has 27 heavy (non-hydrogen) atoms. The average Bonchev–Trinajstić information content (AvgIpc) is 3.14. The quantitative estimate of drug-likeness (QED) is 0.541. The van der Waals surface area contributed by atoms with Crippen molar-refractivity contribution in [2.24, 2.45) is 11.8 Å². The predicted octanol–water partition coefficient (Wildman–Crippen LogP) is -4.19. The van der Waals surface area contributed by atoms with Crippen molar-refractivity contribution in [2.75, 3.05) is 26.3 Å². The van der Waals surface area contributed by atoms with Crippen LogP contribution in [0, 0.1) is 22.1 Å². The molecule has 1 unspecified atom stereocenters. The number of rotatable bonds is 2. The number of quaternary nitrogens is 1. The first-order chi connectivity index (χ1) is 12.8. The van der Waals surface area contributed by atoms with Crippen molar-refractivity contribution < 1.29 is 43.3 Å². The average molecular weight is 398 g/mol. The summed E-state index contributed by atoms with van der Waals surface area (Å²) in [7, 11) is -4.94. The number of carbonyl (C=O) groups is 1. The normalized spacial score (nSPS) is 24.7. The largest absolute Gasteiger partial charge is 0.380 e. The lowest BCUT2D eigenvalue weighted by Crippen LogP contribution is -3.17. The number of piperidine rings is 1. The van der Waals surface area contributed by atoms with Crippen molar-refractivity contribution in [3.05, 3.63) is 48.5 Å². The molecule has 3 heterocycles. The van der Waals surface area contributed by atoms with E-state index >= 15 is 0 Å². The number of benzene rings is 1. The fourth-order valence-corrected chi connectivity index (χ4v) is 3.66. The standard InChI is InChI=1S/C17H19N3O2.ClHO4/c21-17(20-8-13-7-14(9-20)11-22-10-13)15-1-3-16(4-2-15)19-6-5-18-12-19;2-1(3,4)5/h1-6,12-14H,7-11H2;(H,2,3,4,5)/t13-,14+;. The van der Waals surface area contributed by atoms with Gasteiger partial charge in [0.05, 0.1) is 38.2 Å². The highest BCUT2D eigenvalue weighted by Gasteiger charge is 2.37. The number of nitrogens with zero attached hydrogens (tertiary/aromatic N) is 2. The number of hydrogen-bond acceptors (Lipinski definition) is 7. The summed E-state index contributed by atoms with van der Waals surface area (Å²) in [5.41, 5.74) is 1.81. The lowest BCUT2D eigenvalue weighted by molar-refractivity contribution is -2.00. The first-order valence-electron chi connectivity index (χ1n) is 8.47. The smallest absolute Gasteiger partial charge is 0.344 e. The number of hydrogen-bond donors (Lipinski definition) is 1. The van der Waals surface area contributed by atoms with Crippen LogP contribution in [0.1, 0.15) is 16.8 Å². The van der Waals surface area contributed by atoms with Crippen LogP contribution in [0.5, 0.6) is 0 Å². The minimum Gasteiger partial charge on any atom is -0.380 e. The van der Waals surface area contributed by atoms with Crippen LogP contribution in [-0.4, -0.2) is 41.8 Å². The molecule has 10 heteroatoms. The van der Waals surface area contributed by atoms with Crippen molar-refractivity contribution in [3.63, 3.8) is 0 Å². The number of imidazole rings is 1. The Bertz CT molecular complexity index is 729. The van der Waals surface area contributed by atoms with E-state index in [4.69, 9.17) is 23.4 Å². The third kappa shape index (κ3) is 5.81. The van der Waals surface area contributed by atoms with Crippen LogP contribution in [0.3, 0.4) is 0 Å². The zero-order chi connectivity index (χ0) is 19.4. The highest BCUT2D eigenvalue weighted by atomic mass is 35.7. The van der Waals surface area contributed by atoms with E-state index in [2.05, 4.69) is 4.98 Å². The molecule has 0 spiro atoms. The highest BCUT2D eigenvalue weighted by molar-refractivity contribution is 5.87. The monoisotopic (exact) mass is 397 g/mol. The summed E-state index contributed by atoms with van der Waals surface area (Å²) in [4.78, 5) is 17.9. The maximum Gasteiger partial charge on any atom is 0.344 e. The van der Waals surface area contributed by atoms with Crippen molar-refractivity contribution in [2.45, 2.75) is 6.42 Å². The number of aromatic nitrogens is 2. The lowest BCUT2D eigenvalue weighted by atomic mass is 9.88. The molecule has 4 rings (SSSR count). The van der Waals surface area contributed by atoms with Crippen LogP contribution < -0.4 is 23.5 Å². The van der Waals surface area contributed by atoms with Crippen LogP contribution in [-0.2, 0) is 4.74 Å². The van der Waals surface area contributed by atoms with Gasteiger partial charge in [-0.15, -0.1) is 10.2 Å². The second kappa shape index (κ2) is 8.44. The van der Waals surface area contributed by atoms with Crippen molar-refractivity contribution in [3.8, 4) is 5.69 Å². The number of amides is 1. The lowest BCUT2D eigenvalue weighted by Gasteiger charge is -2.37. The molecule has 3 atom stereocenters. The summed E-state index contributed by atoms with van der Waals surface area (Å²) >= 11 is 0. The molecule has 2 bridgehead atoms. The zero-order valence-corrected chi connectivity index (χ0v) is 15.2. The van der Waals surface area contributed by atoms with Gasteiger partial charge in [-0.25, -0.2) is 28.4 Å². The molecular formula is C17H20ClN3O6. The first-order valence-corrected chi connectivity index (χ1v) is 9.70. The van der Waals surface area contributed by atoms with Crippen LogP contribution in [0.25, 0.3) is 5.69 Å². The van der Waals surface area contributed by atoms with Gasteiger partial charge < -0.3 is 9.30 Å². The molecule has 1 aromatic carbocycles. The van der Waals surface area contributed by atoms with Gasteiger partial charge in [0.25, 0.3) is 0 Å². The molecular weight excluding hydrogens is 378 g/mol. The maximum atomic E-state index is 12.7. The minimum absolute atomic E-state index is 0.216. The molecule has 2 aromatic rings. The number of ether oxygens (including phenoxy) is 1. The molecule has 0 aliphatic carbocycles. The van der Waals surface area contributed by atoms with E-state index in [0.717, 1.165) is 42.5 Å². The number of nitrogens with one attached hydrogen (secondary N) is 1. The van der Waals surface area contributed by atoms with Crippen molar-refractivity contribution >= 4 is 5.91 Å². The molecule has 0 saturated carbocycles. The molecule has 0 radical (unpaired) electrons. The molecule has 2 fully saturated rings. The third-order valence-electron chi connectivity index (χ3n) is 4.70. The summed E-state index contributed by atoms with van der Waals surface area (Å²) in [6.45, 7) is 3.43. The molecule has 1 amide bonds. The van der Waals surface area contributed by atoms with Gasteiger partial charge in [0.2, 0.25) is 0 Å². The van der Waals surface area contributed by atoms with E-state index < -0.39 is 10.2 Å². The second-order valence-electron chi connectivity index (χ2n) is 6.74.